The van der Waals surface area contributed by atoms with E-state index in [9.17, 15) is 0 Å². The van der Waals surface area contributed by atoms with Gasteiger partial charge in [0.05, 0.1) is 18.4 Å². The van der Waals surface area contributed by atoms with Crippen molar-refractivity contribution in [2.45, 2.75) is 33.0 Å². The standard InChI is InChI=1S/C14H22N6/c1-11(2)17-8-12-7-15-9-13(18-12)20(4)10-14-16-5-6-19(14)3/h5-7,9,11,17H,8,10H2,1-4H3. The van der Waals surface area contributed by atoms with E-state index in [2.05, 4.69) is 34.1 Å². The van der Waals surface area contributed by atoms with Crippen molar-refractivity contribution in [2.24, 2.45) is 7.05 Å². The molecule has 2 rings (SSSR count). The molecule has 0 aliphatic carbocycles. The predicted octanol–water partition coefficient (Wildman–Crippen LogP) is 1.34. The number of aromatic nitrogens is 4. The molecule has 0 aromatic carbocycles. The predicted molar refractivity (Wildman–Crippen MR) is 79.3 cm³/mol. The average Bonchev–Trinajstić information content (AvgIpc) is 2.82. The Bertz CT molecular complexity index is 548. The number of nitrogens with zero attached hydrogens (tertiary/aromatic N) is 5. The molecule has 2 heterocycles. The number of anilines is 1. The van der Waals surface area contributed by atoms with Gasteiger partial charge in [-0.2, -0.15) is 0 Å². The summed E-state index contributed by atoms with van der Waals surface area (Å²) in [5.74, 6) is 1.86. The first-order valence-corrected chi connectivity index (χ1v) is 6.78. The highest BCUT2D eigenvalue weighted by molar-refractivity contribution is 5.35. The second-order valence-electron chi connectivity index (χ2n) is 5.21. The van der Waals surface area contributed by atoms with E-state index in [-0.39, 0.29) is 0 Å². The SMILES string of the molecule is CC(C)NCc1cncc(N(C)Cc2nccn2C)n1. The second-order valence-corrected chi connectivity index (χ2v) is 5.21. The van der Waals surface area contributed by atoms with Crippen molar-refractivity contribution >= 4 is 5.82 Å². The molecule has 0 saturated carbocycles. The van der Waals surface area contributed by atoms with Crippen molar-refractivity contribution in [1.82, 2.24) is 24.8 Å². The van der Waals surface area contributed by atoms with E-state index in [1.807, 2.05) is 29.8 Å². The van der Waals surface area contributed by atoms with Crippen LogP contribution in [0.4, 0.5) is 5.82 Å². The van der Waals surface area contributed by atoms with Crippen LogP contribution in [0.25, 0.3) is 0 Å². The van der Waals surface area contributed by atoms with Gasteiger partial charge < -0.3 is 14.8 Å². The Morgan fingerprint density at radius 2 is 2.15 bits per heavy atom. The molecule has 0 atom stereocenters. The molecule has 1 N–H and O–H groups in total. The van der Waals surface area contributed by atoms with Crippen LogP contribution >= 0.6 is 0 Å². The van der Waals surface area contributed by atoms with E-state index >= 15 is 0 Å². The van der Waals surface area contributed by atoms with Gasteiger partial charge in [0.1, 0.15) is 11.6 Å². The van der Waals surface area contributed by atoms with E-state index in [0.717, 1.165) is 23.9 Å². The maximum absolute atomic E-state index is 4.62. The summed E-state index contributed by atoms with van der Waals surface area (Å²) < 4.78 is 2.01. The molecule has 0 saturated heterocycles. The molecule has 0 radical (unpaired) electrons. The Kier molecular flexibility index (Phi) is 4.68. The highest BCUT2D eigenvalue weighted by atomic mass is 15.2. The van der Waals surface area contributed by atoms with Crippen LogP contribution in [0.15, 0.2) is 24.8 Å². The lowest BCUT2D eigenvalue weighted by molar-refractivity contribution is 0.579. The molecule has 0 aliphatic heterocycles. The first-order valence-electron chi connectivity index (χ1n) is 6.78. The minimum atomic E-state index is 0.436. The Morgan fingerprint density at radius 1 is 1.35 bits per heavy atom. The van der Waals surface area contributed by atoms with Gasteiger partial charge in [-0.05, 0) is 0 Å². The van der Waals surface area contributed by atoms with E-state index in [4.69, 9.17) is 0 Å². The summed E-state index contributed by atoms with van der Waals surface area (Å²) in [6, 6.07) is 0.436. The number of hydrogen-bond donors (Lipinski definition) is 1. The molecule has 2 aromatic heterocycles. The molecular formula is C14H22N6. The van der Waals surface area contributed by atoms with Gasteiger partial charge in [0.2, 0.25) is 0 Å². The van der Waals surface area contributed by atoms with Crippen molar-refractivity contribution in [3.8, 4) is 0 Å². The van der Waals surface area contributed by atoms with Crippen molar-refractivity contribution in [2.75, 3.05) is 11.9 Å². The van der Waals surface area contributed by atoms with Gasteiger partial charge in [0.15, 0.2) is 0 Å². The van der Waals surface area contributed by atoms with Gasteiger partial charge in [0, 0.05) is 45.3 Å². The number of rotatable bonds is 6. The topological polar surface area (TPSA) is 58.9 Å². The third-order valence-electron chi connectivity index (χ3n) is 3.05. The lowest BCUT2D eigenvalue weighted by atomic mass is 10.3. The molecule has 0 amide bonds. The Morgan fingerprint density at radius 3 is 2.80 bits per heavy atom. The van der Waals surface area contributed by atoms with Crippen molar-refractivity contribution in [3.05, 3.63) is 36.3 Å². The zero-order chi connectivity index (χ0) is 14.5. The second kappa shape index (κ2) is 6.47. The van der Waals surface area contributed by atoms with Gasteiger partial charge in [0.25, 0.3) is 0 Å². The largest absolute Gasteiger partial charge is 0.351 e. The molecule has 0 spiro atoms. The monoisotopic (exact) mass is 274 g/mol. The quantitative estimate of drug-likeness (QED) is 0.861. The summed E-state index contributed by atoms with van der Waals surface area (Å²) in [7, 11) is 3.99. The molecular weight excluding hydrogens is 252 g/mol. The van der Waals surface area contributed by atoms with E-state index in [1.54, 1.807) is 18.6 Å². The first kappa shape index (κ1) is 14.5. The van der Waals surface area contributed by atoms with Gasteiger partial charge in [-0.3, -0.25) is 4.98 Å². The Balaban J connectivity index is 2.04. The lowest BCUT2D eigenvalue weighted by Crippen LogP contribution is -2.24. The van der Waals surface area contributed by atoms with Crippen molar-refractivity contribution in [1.29, 1.82) is 0 Å². The zero-order valence-corrected chi connectivity index (χ0v) is 12.5. The summed E-state index contributed by atoms with van der Waals surface area (Å²) >= 11 is 0. The summed E-state index contributed by atoms with van der Waals surface area (Å²) in [6.45, 7) is 5.67. The van der Waals surface area contributed by atoms with Gasteiger partial charge in [-0.25, -0.2) is 9.97 Å². The Hall–Kier alpha value is -1.95. The summed E-state index contributed by atoms with van der Waals surface area (Å²) in [5, 5.41) is 3.35. The zero-order valence-electron chi connectivity index (χ0n) is 12.5. The van der Waals surface area contributed by atoms with Gasteiger partial charge in [-0.1, -0.05) is 13.8 Å². The molecule has 6 nitrogen and oxygen atoms in total. The van der Waals surface area contributed by atoms with Crippen LogP contribution in [-0.2, 0) is 20.1 Å². The molecule has 0 aliphatic rings. The first-order chi connectivity index (χ1) is 9.56. The van der Waals surface area contributed by atoms with Crippen LogP contribution in [0.1, 0.15) is 25.4 Å². The number of hydrogen-bond acceptors (Lipinski definition) is 5. The van der Waals surface area contributed by atoms with E-state index < -0.39 is 0 Å². The highest BCUT2D eigenvalue weighted by Crippen LogP contribution is 2.11. The minimum Gasteiger partial charge on any atom is -0.351 e. The maximum atomic E-state index is 4.62. The van der Waals surface area contributed by atoms with E-state index in [0.29, 0.717) is 12.6 Å². The van der Waals surface area contributed by atoms with Crippen LogP contribution in [0.5, 0.6) is 0 Å². The molecule has 108 valence electrons. The smallest absolute Gasteiger partial charge is 0.147 e. The van der Waals surface area contributed by atoms with E-state index in [1.165, 1.54) is 0 Å². The summed E-state index contributed by atoms with van der Waals surface area (Å²) in [6.07, 6.45) is 7.32. The van der Waals surface area contributed by atoms with Crippen LogP contribution in [0, 0.1) is 0 Å². The van der Waals surface area contributed by atoms with Crippen molar-refractivity contribution in [3.63, 3.8) is 0 Å². The van der Waals surface area contributed by atoms with Crippen molar-refractivity contribution < 1.29 is 0 Å². The lowest BCUT2D eigenvalue weighted by Gasteiger charge is -2.18. The third-order valence-corrected chi connectivity index (χ3v) is 3.05. The molecule has 0 unspecified atom stereocenters. The van der Waals surface area contributed by atoms with Crippen LogP contribution < -0.4 is 10.2 Å². The van der Waals surface area contributed by atoms with Crippen LogP contribution in [-0.4, -0.2) is 32.6 Å². The molecule has 2 aromatic rings. The minimum absolute atomic E-state index is 0.436. The highest BCUT2D eigenvalue weighted by Gasteiger charge is 2.08. The number of imidazole rings is 1. The normalized spacial score (nSPS) is 11.1. The van der Waals surface area contributed by atoms with Gasteiger partial charge >= 0.3 is 0 Å². The maximum Gasteiger partial charge on any atom is 0.147 e. The summed E-state index contributed by atoms with van der Waals surface area (Å²) in [4.78, 5) is 15.3. The number of aryl methyl sites for hydroxylation is 1. The number of nitrogens with one attached hydrogen (secondary N) is 1. The fourth-order valence-electron chi connectivity index (χ4n) is 1.81. The van der Waals surface area contributed by atoms with Gasteiger partial charge in [-0.15, -0.1) is 0 Å². The Labute approximate surface area is 119 Å². The fourth-order valence-corrected chi connectivity index (χ4v) is 1.81. The van der Waals surface area contributed by atoms with Crippen LogP contribution in [0.2, 0.25) is 0 Å². The molecule has 20 heavy (non-hydrogen) atoms. The average molecular weight is 274 g/mol. The van der Waals surface area contributed by atoms with Crippen LogP contribution in [0.3, 0.4) is 0 Å². The molecule has 0 fully saturated rings. The molecule has 0 bridgehead atoms. The molecule has 6 heteroatoms. The fraction of sp³-hybridized carbons (Fsp3) is 0.500. The summed E-state index contributed by atoms with van der Waals surface area (Å²) in [5.41, 5.74) is 0.947. The third kappa shape index (κ3) is 3.77.